The molecule has 0 aliphatic heterocycles. The van der Waals surface area contributed by atoms with Crippen molar-refractivity contribution >= 4 is 8.32 Å². The largest absolute Gasteiger partial charge is 0.412 e. The second kappa shape index (κ2) is 3.69. The predicted molar refractivity (Wildman–Crippen MR) is 48.1 cm³/mol. The molecule has 0 unspecified atom stereocenters. The van der Waals surface area contributed by atoms with Crippen molar-refractivity contribution in [2.45, 2.75) is 39.0 Å². The molecule has 66 valence electrons. The molecule has 1 rings (SSSR count). The molecule has 1 saturated carbocycles. The minimum atomic E-state index is -1.45. The van der Waals surface area contributed by atoms with E-state index in [0.29, 0.717) is 6.10 Å². The molecule has 0 bridgehead atoms. The first-order chi connectivity index (χ1) is 5.14. The first kappa shape index (κ1) is 9.23. The zero-order valence-corrected chi connectivity index (χ0v) is 8.72. The van der Waals surface area contributed by atoms with Gasteiger partial charge in [0.15, 0.2) is 0 Å². The van der Waals surface area contributed by atoms with E-state index >= 15 is 0 Å². The van der Waals surface area contributed by atoms with Gasteiger partial charge in [-0.05, 0) is 32.9 Å². The van der Waals surface area contributed by atoms with E-state index in [9.17, 15) is 0 Å². The third kappa shape index (κ3) is 3.89. The monoisotopic (exact) mass is 174 g/mol. The third-order valence-electron chi connectivity index (χ3n) is 1.66. The van der Waals surface area contributed by atoms with Gasteiger partial charge in [0.1, 0.15) is 0 Å². The maximum absolute atomic E-state index is 5.86. The average molecular weight is 174 g/mol. The Bertz CT molecular complexity index is 121. The number of rotatable bonds is 5. The molecule has 1 fully saturated rings. The molecule has 0 heterocycles. The van der Waals surface area contributed by atoms with Crippen molar-refractivity contribution in [2.24, 2.45) is 0 Å². The van der Waals surface area contributed by atoms with Crippen molar-refractivity contribution in [2.75, 3.05) is 12.8 Å². The number of hydrogen-bond donors (Lipinski definition) is 0. The maximum Gasteiger partial charge on any atom is 0.212 e. The van der Waals surface area contributed by atoms with Gasteiger partial charge in [-0.3, -0.25) is 0 Å². The SMILES string of the molecule is CCOC[Si](C)(C)OC1CC1. The Hall–Kier alpha value is 0.137. The molecule has 1 aliphatic rings. The van der Waals surface area contributed by atoms with E-state index in [4.69, 9.17) is 9.16 Å². The molecule has 2 nitrogen and oxygen atoms in total. The fourth-order valence-electron chi connectivity index (χ4n) is 1.02. The van der Waals surface area contributed by atoms with Crippen molar-refractivity contribution in [3.63, 3.8) is 0 Å². The van der Waals surface area contributed by atoms with Crippen molar-refractivity contribution in [3.8, 4) is 0 Å². The van der Waals surface area contributed by atoms with E-state index in [1.165, 1.54) is 12.8 Å². The first-order valence-corrected chi connectivity index (χ1v) is 7.51. The van der Waals surface area contributed by atoms with Crippen LogP contribution in [0.25, 0.3) is 0 Å². The second-order valence-corrected chi connectivity index (χ2v) is 7.76. The Balaban J connectivity index is 2.14. The van der Waals surface area contributed by atoms with E-state index in [1.54, 1.807) is 0 Å². The second-order valence-electron chi connectivity index (χ2n) is 3.71. The lowest BCUT2D eigenvalue weighted by molar-refractivity contribution is 0.163. The lowest BCUT2D eigenvalue weighted by atomic mass is 10.9. The lowest BCUT2D eigenvalue weighted by Gasteiger charge is -2.21. The highest BCUT2D eigenvalue weighted by atomic mass is 28.4. The van der Waals surface area contributed by atoms with Crippen LogP contribution in [0.2, 0.25) is 13.1 Å². The van der Waals surface area contributed by atoms with Gasteiger partial charge in [-0.1, -0.05) is 0 Å². The van der Waals surface area contributed by atoms with E-state index in [-0.39, 0.29) is 0 Å². The summed E-state index contributed by atoms with van der Waals surface area (Å²) in [6, 6.07) is 0. The van der Waals surface area contributed by atoms with Crippen LogP contribution in [0.1, 0.15) is 19.8 Å². The fraction of sp³-hybridized carbons (Fsp3) is 1.00. The van der Waals surface area contributed by atoms with Crippen LogP contribution in [0.15, 0.2) is 0 Å². The van der Waals surface area contributed by atoms with Gasteiger partial charge in [-0.25, -0.2) is 0 Å². The molecule has 0 saturated heterocycles. The summed E-state index contributed by atoms with van der Waals surface area (Å²) in [7, 11) is -1.45. The van der Waals surface area contributed by atoms with Gasteiger partial charge in [0.2, 0.25) is 8.32 Å². The van der Waals surface area contributed by atoms with Gasteiger partial charge >= 0.3 is 0 Å². The van der Waals surface area contributed by atoms with Gasteiger partial charge < -0.3 is 9.16 Å². The summed E-state index contributed by atoms with van der Waals surface area (Å²) >= 11 is 0. The van der Waals surface area contributed by atoms with Gasteiger partial charge in [0, 0.05) is 12.7 Å². The third-order valence-corrected chi connectivity index (χ3v) is 3.53. The molecule has 0 aromatic rings. The Morgan fingerprint density at radius 1 is 1.36 bits per heavy atom. The van der Waals surface area contributed by atoms with Crippen LogP contribution in [-0.2, 0) is 9.16 Å². The Morgan fingerprint density at radius 2 is 2.00 bits per heavy atom. The van der Waals surface area contributed by atoms with E-state index < -0.39 is 8.32 Å². The van der Waals surface area contributed by atoms with Crippen LogP contribution < -0.4 is 0 Å². The van der Waals surface area contributed by atoms with E-state index in [2.05, 4.69) is 13.1 Å². The van der Waals surface area contributed by atoms with Crippen molar-refractivity contribution < 1.29 is 9.16 Å². The Labute approximate surface area is 70.0 Å². The molecule has 0 aromatic carbocycles. The fourth-order valence-corrected chi connectivity index (χ4v) is 2.92. The highest BCUT2D eigenvalue weighted by Gasteiger charge is 2.32. The molecule has 0 atom stereocenters. The van der Waals surface area contributed by atoms with Gasteiger partial charge in [0.05, 0.1) is 6.23 Å². The predicted octanol–water partition coefficient (Wildman–Crippen LogP) is 1.95. The normalized spacial score (nSPS) is 18.8. The molecule has 0 amide bonds. The minimum absolute atomic E-state index is 0.581. The van der Waals surface area contributed by atoms with Crippen molar-refractivity contribution in [1.82, 2.24) is 0 Å². The van der Waals surface area contributed by atoms with Crippen LogP contribution in [0.5, 0.6) is 0 Å². The standard InChI is InChI=1S/C8H18O2Si/c1-4-9-7-11(2,3)10-8-5-6-8/h8H,4-7H2,1-3H3. The van der Waals surface area contributed by atoms with Crippen molar-refractivity contribution in [1.29, 1.82) is 0 Å². The molecule has 0 aromatic heterocycles. The Kier molecular flexibility index (Phi) is 3.10. The van der Waals surface area contributed by atoms with Crippen LogP contribution >= 0.6 is 0 Å². The maximum atomic E-state index is 5.86. The number of ether oxygens (including phenoxy) is 1. The topological polar surface area (TPSA) is 18.5 Å². The minimum Gasteiger partial charge on any atom is -0.412 e. The summed E-state index contributed by atoms with van der Waals surface area (Å²) in [6.07, 6.45) is 3.96. The summed E-state index contributed by atoms with van der Waals surface area (Å²) < 4.78 is 11.2. The first-order valence-electron chi connectivity index (χ1n) is 4.39. The zero-order chi connectivity index (χ0) is 8.32. The van der Waals surface area contributed by atoms with Gasteiger partial charge in [0.25, 0.3) is 0 Å². The smallest absolute Gasteiger partial charge is 0.212 e. The molecule has 3 heteroatoms. The molecule has 11 heavy (non-hydrogen) atoms. The summed E-state index contributed by atoms with van der Waals surface area (Å²) in [4.78, 5) is 0. The van der Waals surface area contributed by atoms with Crippen LogP contribution in [0, 0.1) is 0 Å². The quantitative estimate of drug-likeness (QED) is 0.593. The Morgan fingerprint density at radius 3 is 2.45 bits per heavy atom. The van der Waals surface area contributed by atoms with E-state index in [1.807, 2.05) is 6.92 Å². The summed E-state index contributed by atoms with van der Waals surface area (Å²) in [6.45, 7) is 7.29. The summed E-state index contributed by atoms with van der Waals surface area (Å²) in [5.41, 5.74) is 0. The van der Waals surface area contributed by atoms with E-state index in [0.717, 1.165) is 12.8 Å². The molecular formula is C8H18O2Si. The molecular weight excluding hydrogens is 156 g/mol. The summed E-state index contributed by atoms with van der Waals surface area (Å²) in [5.74, 6) is 0. The molecule has 0 N–H and O–H groups in total. The van der Waals surface area contributed by atoms with Gasteiger partial charge in [-0.2, -0.15) is 0 Å². The highest BCUT2D eigenvalue weighted by molar-refractivity contribution is 6.71. The van der Waals surface area contributed by atoms with Gasteiger partial charge in [-0.15, -0.1) is 0 Å². The molecule has 1 aliphatic carbocycles. The van der Waals surface area contributed by atoms with Crippen molar-refractivity contribution in [3.05, 3.63) is 0 Å². The average Bonchev–Trinajstić information content (AvgIpc) is 2.67. The lowest BCUT2D eigenvalue weighted by Crippen LogP contribution is -2.37. The van der Waals surface area contributed by atoms with Crippen LogP contribution in [-0.4, -0.2) is 27.3 Å². The number of hydrogen-bond acceptors (Lipinski definition) is 2. The van der Waals surface area contributed by atoms with Crippen LogP contribution in [0.4, 0.5) is 0 Å². The molecule has 0 spiro atoms. The van der Waals surface area contributed by atoms with Crippen LogP contribution in [0.3, 0.4) is 0 Å². The highest BCUT2D eigenvalue weighted by Crippen LogP contribution is 2.27. The molecule has 0 radical (unpaired) electrons. The summed E-state index contributed by atoms with van der Waals surface area (Å²) in [5, 5.41) is 0. The zero-order valence-electron chi connectivity index (χ0n) is 7.72.